The summed E-state index contributed by atoms with van der Waals surface area (Å²) in [6.45, 7) is 2.76. The van der Waals surface area contributed by atoms with E-state index in [1.54, 1.807) is 18.2 Å². The molecule has 1 amide bonds. The number of halogens is 1. The van der Waals surface area contributed by atoms with Crippen LogP contribution in [0.1, 0.15) is 49.5 Å². The molecule has 1 heterocycles. The van der Waals surface area contributed by atoms with Crippen LogP contribution >= 0.6 is 11.6 Å². The average Bonchev–Trinajstić information content (AvgIpc) is 2.41. The van der Waals surface area contributed by atoms with E-state index in [0.717, 1.165) is 19.4 Å². The predicted octanol–water partition coefficient (Wildman–Crippen LogP) is 3.53. The first-order valence-corrected chi connectivity index (χ1v) is 7.03. The molecule has 1 aromatic rings. The summed E-state index contributed by atoms with van der Waals surface area (Å²) in [7, 11) is 0. The largest absolute Gasteiger partial charge is 0.335 e. The number of hydrogen-bond donors (Lipinski definition) is 0. The molecule has 0 aromatic carbocycles. The molecule has 1 aromatic heterocycles. The van der Waals surface area contributed by atoms with Crippen LogP contribution in [-0.4, -0.2) is 28.4 Å². The van der Waals surface area contributed by atoms with E-state index >= 15 is 0 Å². The molecule has 2 rings (SSSR count). The quantitative estimate of drug-likeness (QED) is 0.784. The summed E-state index contributed by atoms with van der Waals surface area (Å²) < 4.78 is 0. The summed E-state index contributed by atoms with van der Waals surface area (Å²) in [6, 6.07) is 5.57. The van der Waals surface area contributed by atoms with Crippen molar-refractivity contribution in [1.82, 2.24) is 9.88 Å². The minimum atomic E-state index is 0.00639. The Morgan fingerprint density at radius 1 is 1.39 bits per heavy atom. The molecule has 98 valence electrons. The summed E-state index contributed by atoms with van der Waals surface area (Å²) in [4.78, 5) is 18.5. The second-order valence-electron chi connectivity index (χ2n) is 4.73. The highest BCUT2D eigenvalue weighted by molar-refractivity contribution is 6.29. The summed E-state index contributed by atoms with van der Waals surface area (Å²) in [5, 5.41) is 0.376. The normalized spacial score (nSPS) is 16.6. The van der Waals surface area contributed by atoms with Gasteiger partial charge in [-0.25, -0.2) is 4.98 Å². The van der Waals surface area contributed by atoms with Crippen molar-refractivity contribution in [2.45, 2.75) is 45.1 Å². The first-order valence-electron chi connectivity index (χ1n) is 6.66. The van der Waals surface area contributed by atoms with Crippen molar-refractivity contribution in [3.05, 3.63) is 29.0 Å². The maximum atomic E-state index is 12.4. The van der Waals surface area contributed by atoms with Gasteiger partial charge in [0.05, 0.1) is 0 Å². The second-order valence-corrected chi connectivity index (χ2v) is 5.12. The van der Waals surface area contributed by atoms with Crippen molar-refractivity contribution in [2.75, 3.05) is 6.54 Å². The van der Waals surface area contributed by atoms with Gasteiger partial charge in [-0.3, -0.25) is 4.79 Å². The lowest BCUT2D eigenvalue weighted by Gasteiger charge is -2.33. The molecule has 0 spiro atoms. The van der Waals surface area contributed by atoms with E-state index in [4.69, 9.17) is 11.6 Å². The molecule has 4 heteroatoms. The van der Waals surface area contributed by atoms with E-state index in [9.17, 15) is 4.79 Å². The summed E-state index contributed by atoms with van der Waals surface area (Å²) in [6.07, 6.45) is 5.95. The fraction of sp³-hybridized carbons (Fsp3) is 0.571. The van der Waals surface area contributed by atoms with E-state index < -0.39 is 0 Å². The number of pyridine rings is 1. The van der Waals surface area contributed by atoms with Crippen LogP contribution in [0, 0.1) is 0 Å². The lowest BCUT2D eigenvalue weighted by molar-refractivity contribution is 0.0642. The fourth-order valence-electron chi connectivity index (χ4n) is 2.63. The van der Waals surface area contributed by atoms with Gasteiger partial charge in [-0.05, 0) is 31.9 Å². The van der Waals surface area contributed by atoms with Crippen molar-refractivity contribution in [3.63, 3.8) is 0 Å². The monoisotopic (exact) mass is 266 g/mol. The first-order chi connectivity index (χ1) is 8.72. The lowest BCUT2D eigenvalue weighted by atomic mass is 9.94. The third kappa shape index (κ3) is 3.02. The van der Waals surface area contributed by atoms with Gasteiger partial charge in [0.25, 0.3) is 5.91 Å². The highest BCUT2D eigenvalue weighted by Gasteiger charge is 2.25. The van der Waals surface area contributed by atoms with Gasteiger partial charge in [0.1, 0.15) is 10.8 Å². The molecule has 1 aliphatic carbocycles. The third-order valence-corrected chi connectivity index (χ3v) is 3.76. The Morgan fingerprint density at radius 3 is 2.72 bits per heavy atom. The van der Waals surface area contributed by atoms with Crippen molar-refractivity contribution < 1.29 is 4.79 Å². The molecule has 0 N–H and O–H groups in total. The Kier molecular flexibility index (Phi) is 4.59. The maximum Gasteiger partial charge on any atom is 0.272 e. The molecule has 0 aliphatic heterocycles. The highest BCUT2D eigenvalue weighted by atomic mass is 35.5. The van der Waals surface area contributed by atoms with E-state index in [1.807, 2.05) is 11.8 Å². The number of amides is 1. The highest BCUT2D eigenvalue weighted by Crippen LogP contribution is 2.23. The predicted molar refractivity (Wildman–Crippen MR) is 72.8 cm³/mol. The zero-order valence-electron chi connectivity index (χ0n) is 10.7. The SMILES string of the molecule is CCN(C(=O)c1cccc(Cl)n1)C1CCCCC1. The van der Waals surface area contributed by atoms with E-state index in [1.165, 1.54) is 19.3 Å². The number of aromatic nitrogens is 1. The van der Waals surface area contributed by atoms with Gasteiger partial charge >= 0.3 is 0 Å². The van der Waals surface area contributed by atoms with Crippen LogP contribution in [0.5, 0.6) is 0 Å². The Morgan fingerprint density at radius 2 is 2.11 bits per heavy atom. The number of carbonyl (C=O) groups is 1. The first kappa shape index (κ1) is 13.3. The summed E-state index contributed by atoms with van der Waals surface area (Å²) >= 11 is 5.84. The zero-order chi connectivity index (χ0) is 13.0. The van der Waals surface area contributed by atoms with Gasteiger partial charge in [0.2, 0.25) is 0 Å². The summed E-state index contributed by atoms with van der Waals surface area (Å²) in [5.74, 6) is 0.00639. The topological polar surface area (TPSA) is 33.2 Å². The molecule has 1 aliphatic rings. The average molecular weight is 267 g/mol. The number of nitrogens with zero attached hydrogens (tertiary/aromatic N) is 2. The third-order valence-electron chi connectivity index (χ3n) is 3.55. The molecule has 0 atom stereocenters. The number of rotatable bonds is 3. The van der Waals surface area contributed by atoms with Gasteiger partial charge in [-0.1, -0.05) is 36.9 Å². The molecule has 0 radical (unpaired) electrons. The molecule has 3 nitrogen and oxygen atoms in total. The molecular weight excluding hydrogens is 248 g/mol. The molecule has 18 heavy (non-hydrogen) atoms. The van der Waals surface area contributed by atoms with Gasteiger partial charge < -0.3 is 4.90 Å². The zero-order valence-corrected chi connectivity index (χ0v) is 11.5. The number of carbonyl (C=O) groups excluding carboxylic acids is 1. The van der Waals surface area contributed by atoms with Crippen LogP contribution in [0.2, 0.25) is 5.15 Å². The minimum absolute atomic E-state index is 0.00639. The Bertz CT molecular complexity index is 416. The van der Waals surface area contributed by atoms with Gasteiger partial charge in [-0.15, -0.1) is 0 Å². The van der Waals surface area contributed by atoms with Crippen LogP contribution in [-0.2, 0) is 0 Å². The van der Waals surface area contributed by atoms with E-state index in [0.29, 0.717) is 16.9 Å². The van der Waals surface area contributed by atoms with Crippen molar-refractivity contribution in [3.8, 4) is 0 Å². The van der Waals surface area contributed by atoms with Crippen molar-refractivity contribution in [1.29, 1.82) is 0 Å². The molecule has 0 saturated heterocycles. The van der Waals surface area contributed by atoms with Gasteiger partial charge in [-0.2, -0.15) is 0 Å². The fourth-order valence-corrected chi connectivity index (χ4v) is 2.80. The summed E-state index contributed by atoms with van der Waals surface area (Å²) in [5.41, 5.74) is 0.454. The Balaban J connectivity index is 2.14. The standard InChI is InChI=1S/C14H19ClN2O/c1-2-17(11-7-4-3-5-8-11)14(18)12-9-6-10-13(15)16-12/h6,9-11H,2-5,7-8H2,1H3. The van der Waals surface area contributed by atoms with E-state index in [-0.39, 0.29) is 5.91 Å². The number of hydrogen-bond acceptors (Lipinski definition) is 2. The van der Waals surface area contributed by atoms with Crippen LogP contribution in [0.25, 0.3) is 0 Å². The smallest absolute Gasteiger partial charge is 0.272 e. The van der Waals surface area contributed by atoms with Crippen molar-refractivity contribution in [2.24, 2.45) is 0 Å². The van der Waals surface area contributed by atoms with Crippen LogP contribution in [0.4, 0.5) is 0 Å². The molecule has 1 fully saturated rings. The molecule has 1 saturated carbocycles. The second kappa shape index (κ2) is 6.19. The lowest BCUT2D eigenvalue weighted by Crippen LogP contribution is -2.41. The molecule has 0 bridgehead atoms. The van der Waals surface area contributed by atoms with Crippen LogP contribution < -0.4 is 0 Å². The Labute approximate surface area is 113 Å². The van der Waals surface area contributed by atoms with Gasteiger partial charge in [0.15, 0.2) is 0 Å². The molecule has 0 unspecified atom stereocenters. The van der Waals surface area contributed by atoms with E-state index in [2.05, 4.69) is 4.98 Å². The van der Waals surface area contributed by atoms with Crippen LogP contribution in [0.15, 0.2) is 18.2 Å². The molecular formula is C14H19ClN2O. The van der Waals surface area contributed by atoms with Gasteiger partial charge in [0, 0.05) is 12.6 Å². The van der Waals surface area contributed by atoms with Crippen LogP contribution in [0.3, 0.4) is 0 Å². The van der Waals surface area contributed by atoms with Crippen molar-refractivity contribution >= 4 is 17.5 Å². The maximum absolute atomic E-state index is 12.4. The Hall–Kier alpha value is -1.09. The minimum Gasteiger partial charge on any atom is -0.335 e.